The zero-order valence-electron chi connectivity index (χ0n) is 8.44. The Morgan fingerprint density at radius 1 is 1.38 bits per heavy atom. The predicted molar refractivity (Wildman–Crippen MR) is 58.9 cm³/mol. The molecular weight excluding hydrogens is 209 g/mol. The van der Waals surface area contributed by atoms with Crippen molar-refractivity contribution in [3.63, 3.8) is 0 Å². The van der Waals surface area contributed by atoms with Crippen LogP contribution in [0.2, 0.25) is 0 Å². The van der Waals surface area contributed by atoms with E-state index in [-0.39, 0.29) is 10.2 Å². The third-order valence-corrected chi connectivity index (χ3v) is 1.91. The molecule has 0 saturated heterocycles. The lowest BCUT2D eigenvalue weighted by Gasteiger charge is -2.24. The van der Waals surface area contributed by atoms with Gasteiger partial charge in [-0.15, -0.1) is 0 Å². The Morgan fingerprint density at radius 3 is 2.46 bits per heavy atom. The van der Waals surface area contributed by atoms with E-state index >= 15 is 0 Å². The Bertz CT molecular complexity index is 165. The van der Waals surface area contributed by atoms with Gasteiger partial charge in [-0.25, -0.2) is 0 Å². The minimum absolute atomic E-state index is 0.0664. The van der Waals surface area contributed by atoms with E-state index in [1.165, 1.54) is 0 Å². The molecule has 0 spiro atoms. The molecular formula is C9H17Cl2NO. The average Bonchev–Trinajstić information content (AvgIpc) is 1.98. The minimum Gasteiger partial charge on any atom is -0.374 e. The van der Waals surface area contributed by atoms with Gasteiger partial charge in [-0.3, -0.25) is 4.99 Å². The van der Waals surface area contributed by atoms with E-state index in [0.717, 1.165) is 12.8 Å². The topological polar surface area (TPSA) is 21.6 Å². The summed E-state index contributed by atoms with van der Waals surface area (Å²) in [5.74, 6) is 0. The maximum atomic E-state index is 5.60. The number of aliphatic imine (C=N–C) groups is 1. The SMILES string of the molecule is CCCC(C)(C)OCCN=C(Cl)Cl. The molecule has 0 fully saturated rings. The number of ether oxygens (including phenoxy) is 1. The molecule has 0 heterocycles. The molecule has 0 atom stereocenters. The summed E-state index contributed by atoms with van der Waals surface area (Å²) >= 11 is 10.7. The second-order valence-corrected chi connectivity index (χ2v) is 4.39. The van der Waals surface area contributed by atoms with Crippen molar-refractivity contribution in [2.24, 2.45) is 4.99 Å². The van der Waals surface area contributed by atoms with Crippen LogP contribution in [-0.2, 0) is 4.74 Å². The van der Waals surface area contributed by atoms with E-state index in [2.05, 4.69) is 25.8 Å². The maximum Gasteiger partial charge on any atom is 0.192 e. The normalized spacial score (nSPS) is 11.5. The molecule has 0 aromatic rings. The van der Waals surface area contributed by atoms with Gasteiger partial charge >= 0.3 is 0 Å². The van der Waals surface area contributed by atoms with Gasteiger partial charge in [0.1, 0.15) is 0 Å². The molecule has 4 heteroatoms. The Kier molecular flexibility index (Phi) is 6.74. The lowest BCUT2D eigenvalue weighted by molar-refractivity contribution is -0.0192. The first-order valence-corrected chi connectivity index (χ1v) is 5.23. The highest BCUT2D eigenvalue weighted by atomic mass is 35.5. The first-order chi connectivity index (χ1) is 5.98. The molecule has 0 N–H and O–H groups in total. The van der Waals surface area contributed by atoms with Crippen molar-refractivity contribution >= 4 is 27.8 Å². The van der Waals surface area contributed by atoms with Crippen LogP contribution in [0.15, 0.2) is 4.99 Å². The monoisotopic (exact) mass is 225 g/mol. The fourth-order valence-electron chi connectivity index (χ4n) is 1.13. The van der Waals surface area contributed by atoms with Gasteiger partial charge in [0.2, 0.25) is 0 Å². The molecule has 78 valence electrons. The van der Waals surface area contributed by atoms with E-state index in [9.17, 15) is 0 Å². The van der Waals surface area contributed by atoms with E-state index in [1.54, 1.807) is 0 Å². The highest BCUT2D eigenvalue weighted by Gasteiger charge is 2.15. The van der Waals surface area contributed by atoms with Crippen LogP contribution in [0.4, 0.5) is 0 Å². The van der Waals surface area contributed by atoms with Gasteiger partial charge < -0.3 is 4.74 Å². The van der Waals surface area contributed by atoms with Crippen LogP contribution >= 0.6 is 23.2 Å². The lowest BCUT2D eigenvalue weighted by atomic mass is 10.0. The highest BCUT2D eigenvalue weighted by Crippen LogP contribution is 2.15. The van der Waals surface area contributed by atoms with Crippen molar-refractivity contribution in [3.05, 3.63) is 0 Å². The van der Waals surface area contributed by atoms with E-state index in [0.29, 0.717) is 13.2 Å². The van der Waals surface area contributed by atoms with Crippen LogP contribution in [0.25, 0.3) is 0 Å². The molecule has 13 heavy (non-hydrogen) atoms. The number of hydrogen-bond acceptors (Lipinski definition) is 2. The van der Waals surface area contributed by atoms with E-state index in [1.807, 2.05) is 0 Å². The third-order valence-electron chi connectivity index (χ3n) is 1.67. The first-order valence-electron chi connectivity index (χ1n) is 4.47. The van der Waals surface area contributed by atoms with Crippen LogP contribution in [0.1, 0.15) is 33.6 Å². The van der Waals surface area contributed by atoms with Gasteiger partial charge in [0.05, 0.1) is 18.8 Å². The van der Waals surface area contributed by atoms with Crippen molar-refractivity contribution in [1.82, 2.24) is 0 Å². The average molecular weight is 226 g/mol. The summed E-state index contributed by atoms with van der Waals surface area (Å²) in [7, 11) is 0. The largest absolute Gasteiger partial charge is 0.374 e. The molecule has 0 unspecified atom stereocenters. The summed E-state index contributed by atoms with van der Waals surface area (Å²) in [5.41, 5.74) is -0.0664. The van der Waals surface area contributed by atoms with Crippen molar-refractivity contribution in [3.8, 4) is 0 Å². The zero-order valence-corrected chi connectivity index (χ0v) is 9.95. The molecule has 0 radical (unpaired) electrons. The van der Waals surface area contributed by atoms with Gasteiger partial charge in [0, 0.05) is 0 Å². The molecule has 0 aromatic heterocycles. The summed E-state index contributed by atoms with van der Waals surface area (Å²) in [6, 6.07) is 0. The van der Waals surface area contributed by atoms with Crippen molar-refractivity contribution < 1.29 is 4.74 Å². The number of nitrogens with zero attached hydrogens (tertiary/aromatic N) is 1. The van der Waals surface area contributed by atoms with Crippen molar-refractivity contribution in [2.75, 3.05) is 13.2 Å². The predicted octanol–water partition coefficient (Wildman–Crippen LogP) is 3.42. The minimum atomic E-state index is -0.0664. The molecule has 2 nitrogen and oxygen atoms in total. The fraction of sp³-hybridized carbons (Fsp3) is 0.889. The van der Waals surface area contributed by atoms with Gasteiger partial charge in [0.25, 0.3) is 0 Å². The summed E-state index contributed by atoms with van der Waals surface area (Å²) in [4.78, 5) is 3.81. The zero-order chi connectivity index (χ0) is 10.3. The first kappa shape index (κ1) is 13.2. The molecule has 0 aliphatic carbocycles. The second-order valence-electron chi connectivity index (χ2n) is 3.48. The molecule has 0 amide bonds. The quantitative estimate of drug-likeness (QED) is 0.502. The summed E-state index contributed by atoms with van der Waals surface area (Å²) in [5, 5.41) is 0. The Hall–Kier alpha value is 0.210. The van der Waals surface area contributed by atoms with Crippen LogP contribution in [0.5, 0.6) is 0 Å². The maximum absolute atomic E-state index is 5.60. The fourth-order valence-corrected chi connectivity index (χ4v) is 1.30. The molecule has 0 aliphatic heterocycles. The van der Waals surface area contributed by atoms with E-state index < -0.39 is 0 Å². The molecule has 0 rings (SSSR count). The smallest absolute Gasteiger partial charge is 0.192 e. The molecule has 0 bridgehead atoms. The van der Waals surface area contributed by atoms with Crippen molar-refractivity contribution in [2.45, 2.75) is 39.2 Å². The highest BCUT2D eigenvalue weighted by molar-refractivity contribution is 6.95. The number of halogens is 2. The van der Waals surface area contributed by atoms with E-state index in [4.69, 9.17) is 27.9 Å². The Balaban J connectivity index is 3.57. The summed E-state index contributed by atoms with van der Waals surface area (Å²) in [6.07, 6.45) is 2.16. The molecule has 0 saturated carbocycles. The number of hydrogen-bond donors (Lipinski definition) is 0. The van der Waals surface area contributed by atoms with Gasteiger partial charge in [-0.05, 0) is 43.5 Å². The Labute approximate surface area is 90.3 Å². The van der Waals surface area contributed by atoms with Gasteiger partial charge in [0.15, 0.2) is 4.63 Å². The van der Waals surface area contributed by atoms with Gasteiger partial charge in [-0.2, -0.15) is 0 Å². The van der Waals surface area contributed by atoms with Crippen molar-refractivity contribution in [1.29, 1.82) is 0 Å². The third kappa shape index (κ3) is 8.54. The lowest BCUT2D eigenvalue weighted by Crippen LogP contribution is -2.25. The van der Waals surface area contributed by atoms with Crippen LogP contribution in [0, 0.1) is 0 Å². The summed E-state index contributed by atoms with van der Waals surface area (Å²) < 4.78 is 5.66. The Morgan fingerprint density at radius 2 is 2.00 bits per heavy atom. The summed E-state index contributed by atoms with van der Waals surface area (Å²) in [6.45, 7) is 7.37. The van der Waals surface area contributed by atoms with Crippen LogP contribution < -0.4 is 0 Å². The van der Waals surface area contributed by atoms with Gasteiger partial charge in [-0.1, -0.05) is 13.3 Å². The molecule has 0 aromatic carbocycles. The second kappa shape index (κ2) is 6.63. The van der Waals surface area contributed by atoms with Crippen LogP contribution in [-0.4, -0.2) is 23.4 Å². The standard InChI is InChI=1S/C9H17Cl2NO/c1-4-5-9(2,3)13-7-6-12-8(10)11/h4-7H2,1-3H3. The van der Waals surface area contributed by atoms with Crippen LogP contribution in [0.3, 0.4) is 0 Å². The number of rotatable bonds is 6. The molecule has 0 aliphatic rings.